The van der Waals surface area contributed by atoms with Gasteiger partial charge in [-0.05, 0) is 41.8 Å². The highest BCUT2D eigenvalue weighted by molar-refractivity contribution is 7.13. The van der Waals surface area contributed by atoms with Gasteiger partial charge in [0.25, 0.3) is 11.6 Å². The van der Waals surface area contributed by atoms with E-state index in [9.17, 15) is 10.1 Å². The van der Waals surface area contributed by atoms with Crippen LogP contribution in [0.4, 0.5) is 5.69 Å². The molecule has 29 heavy (non-hydrogen) atoms. The first-order chi connectivity index (χ1) is 14.1. The van der Waals surface area contributed by atoms with E-state index in [-0.39, 0.29) is 12.3 Å². The maximum atomic E-state index is 11.1. The van der Waals surface area contributed by atoms with Crippen LogP contribution >= 0.6 is 11.3 Å². The number of ether oxygens (including phenoxy) is 2. The molecule has 0 saturated heterocycles. The third kappa shape index (κ3) is 4.09. The average Bonchev–Trinajstić information content (AvgIpc) is 3.44. The monoisotopic (exact) mass is 409 g/mol. The molecule has 4 rings (SSSR count). The number of nitrogens with zero attached hydrogens (tertiary/aromatic N) is 3. The van der Waals surface area contributed by atoms with Crippen LogP contribution in [0, 0.1) is 10.1 Å². The molecule has 0 atom stereocenters. The zero-order valence-corrected chi connectivity index (χ0v) is 16.1. The maximum Gasteiger partial charge on any atom is 0.270 e. The first-order valence-corrected chi connectivity index (χ1v) is 9.44. The molecule has 0 spiro atoms. The van der Waals surface area contributed by atoms with Gasteiger partial charge in [-0.2, -0.15) is 4.98 Å². The van der Waals surface area contributed by atoms with Crippen LogP contribution in [0.3, 0.4) is 0 Å². The summed E-state index contributed by atoms with van der Waals surface area (Å²) in [5.74, 6) is 1.97. The molecule has 0 amide bonds. The lowest BCUT2D eigenvalue weighted by atomic mass is 10.1. The van der Waals surface area contributed by atoms with Gasteiger partial charge < -0.3 is 14.0 Å². The normalized spacial score (nSPS) is 10.7. The fraction of sp³-hybridized carbons (Fsp3) is 0.100. The van der Waals surface area contributed by atoms with E-state index in [2.05, 4.69) is 10.1 Å². The quantitative estimate of drug-likeness (QED) is 0.314. The number of methoxy groups -OCH3 is 1. The number of nitro benzene ring substituents is 1. The van der Waals surface area contributed by atoms with E-state index in [0.29, 0.717) is 23.0 Å². The summed E-state index contributed by atoms with van der Waals surface area (Å²) in [5, 5.41) is 17.0. The summed E-state index contributed by atoms with van der Waals surface area (Å²) in [6.07, 6.45) is 0. The van der Waals surface area contributed by atoms with E-state index in [4.69, 9.17) is 14.0 Å². The van der Waals surface area contributed by atoms with Crippen LogP contribution < -0.4 is 9.47 Å². The number of hydrogen-bond donors (Lipinski definition) is 0. The van der Waals surface area contributed by atoms with Gasteiger partial charge in [0.05, 0.1) is 12.0 Å². The van der Waals surface area contributed by atoms with Gasteiger partial charge in [0, 0.05) is 28.1 Å². The van der Waals surface area contributed by atoms with Crippen LogP contribution in [0.5, 0.6) is 11.5 Å². The minimum atomic E-state index is -0.431. The van der Waals surface area contributed by atoms with Gasteiger partial charge in [0.1, 0.15) is 11.5 Å². The van der Waals surface area contributed by atoms with E-state index in [1.807, 2.05) is 41.8 Å². The van der Waals surface area contributed by atoms with Crippen LogP contribution in [-0.4, -0.2) is 22.2 Å². The van der Waals surface area contributed by atoms with Crippen LogP contribution in [-0.2, 0) is 6.61 Å². The highest BCUT2D eigenvalue weighted by Crippen LogP contribution is 2.36. The molecule has 2 aromatic carbocycles. The van der Waals surface area contributed by atoms with Gasteiger partial charge in [-0.3, -0.25) is 10.1 Å². The van der Waals surface area contributed by atoms with Crippen LogP contribution in [0.2, 0.25) is 0 Å². The molecular weight excluding hydrogens is 394 g/mol. The van der Waals surface area contributed by atoms with Crippen molar-refractivity contribution in [2.45, 2.75) is 6.61 Å². The molecule has 0 saturated carbocycles. The molecule has 2 aromatic heterocycles. The second kappa shape index (κ2) is 8.11. The molecule has 0 aliphatic heterocycles. The van der Waals surface area contributed by atoms with Crippen molar-refractivity contribution in [2.24, 2.45) is 0 Å². The molecule has 0 unspecified atom stereocenters. The first kappa shape index (κ1) is 18.6. The van der Waals surface area contributed by atoms with Gasteiger partial charge in [-0.1, -0.05) is 11.2 Å². The fourth-order valence-corrected chi connectivity index (χ4v) is 3.44. The summed E-state index contributed by atoms with van der Waals surface area (Å²) in [4.78, 5) is 15.9. The van der Waals surface area contributed by atoms with Crippen LogP contribution in [0.15, 0.2) is 64.5 Å². The van der Waals surface area contributed by atoms with Gasteiger partial charge in [-0.25, -0.2) is 0 Å². The molecule has 0 N–H and O–H groups in total. The fourth-order valence-electron chi connectivity index (χ4n) is 2.69. The van der Waals surface area contributed by atoms with Crippen molar-refractivity contribution in [3.63, 3.8) is 0 Å². The third-order valence-electron chi connectivity index (χ3n) is 4.13. The van der Waals surface area contributed by atoms with Crippen molar-refractivity contribution >= 4 is 17.0 Å². The number of benzene rings is 2. The highest BCUT2D eigenvalue weighted by Gasteiger charge is 2.16. The predicted molar refractivity (Wildman–Crippen MR) is 107 cm³/mol. The average molecular weight is 409 g/mol. The molecule has 0 aliphatic carbocycles. The molecule has 0 bridgehead atoms. The van der Waals surface area contributed by atoms with E-state index in [1.54, 1.807) is 13.2 Å². The van der Waals surface area contributed by atoms with Crippen molar-refractivity contribution in [3.8, 4) is 33.3 Å². The van der Waals surface area contributed by atoms with E-state index < -0.39 is 4.92 Å². The number of hydrogen-bond acceptors (Lipinski definition) is 8. The highest BCUT2D eigenvalue weighted by atomic mass is 32.1. The summed E-state index contributed by atoms with van der Waals surface area (Å²) in [7, 11) is 1.60. The van der Waals surface area contributed by atoms with Crippen LogP contribution in [0.25, 0.3) is 21.8 Å². The second-order valence-electron chi connectivity index (χ2n) is 5.94. The van der Waals surface area contributed by atoms with Gasteiger partial charge in [0.15, 0.2) is 6.61 Å². The van der Waals surface area contributed by atoms with Gasteiger partial charge >= 0.3 is 0 Å². The Morgan fingerprint density at radius 3 is 2.69 bits per heavy atom. The Labute approximate surface area is 169 Å². The molecule has 9 heteroatoms. The maximum absolute atomic E-state index is 11.1. The summed E-state index contributed by atoms with van der Waals surface area (Å²) >= 11 is 1.47. The minimum Gasteiger partial charge on any atom is -0.497 e. The molecule has 146 valence electrons. The molecule has 8 nitrogen and oxygen atoms in total. The lowest BCUT2D eigenvalue weighted by Gasteiger charge is -2.08. The standard InChI is InChI=1S/C20H15N3O5S/c1-26-15-7-4-13(5-8-15)20-21-19(28-22-20)12-27-17-9-6-14(23(24)25)11-16(17)18-3-2-10-29-18/h2-11H,12H2,1H3. The summed E-state index contributed by atoms with van der Waals surface area (Å²) in [6, 6.07) is 15.5. The zero-order valence-electron chi connectivity index (χ0n) is 15.3. The Bertz CT molecular complexity index is 1120. The lowest BCUT2D eigenvalue weighted by Crippen LogP contribution is -1.98. The van der Waals surface area contributed by atoms with E-state index in [1.165, 1.54) is 23.5 Å². The Kier molecular flexibility index (Phi) is 5.21. The Balaban J connectivity index is 1.53. The number of rotatable bonds is 7. The van der Waals surface area contributed by atoms with Gasteiger partial charge in [0.2, 0.25) is 5.82 Å². The smallest absolute Gasteiger partial charge is 0.270 e. The molecule has 4 aromatic rings. The van der Waals surface area contributed by atoms with Crippen molar-refractivity contribution in [2.75, 3.05) is 7.11 Å². The third-order valence-corrected chi connectivity index (χ3v) is 5.03. The van der Waals surface area contributed by atoms with E-state index in [0.717, 1.165) is 16.2 Å². The number of thiophene rings is 1. The molecule has 0 fully saturated rings. The zero-order chi connectivity index (χ0) is 20.2. The SMILES string of the molecule is COc1ccc(-c2noc(COc3ccc([N+](=O)[O-])cc3-c3cccs3)n2)cc1. The first-order valence-electron chi connectivity index (χ1n) is 8.56. The number of aromatic nitrogens is 2. The Hall–Kier alpha value is -3.72. The van der Waals surface area contributed by atoms with Gasteiger partial charge in [-0.15, -0.1) is 11.3 Å². The number of non-ortho nitro benzene ring substituents is 1. The molecular formula is C20H15N3O5S. The summed E-state index contributed by atoms with van der Waals surface area (Å²) < 4.78 is 16.2. The molecule has 0 radical (unpaired) electrons. The van der Waals surface area contributed by atoms with Crippen molar-refractivity contribution in [1.82, 2.24) is 10.1 Å². The largest absolute Gasteiger partial charge is 0.497 e. The van der Waals surface area contributed by atoms with Crippen molar-refractivity contribution in [1.29, 1.82) is 0 Å². The Morgan fingerprint density at radius 1 is 1.17 bits per heavy atom. The summed E-state index contributed by atoms with van der Waals surface area (Å²) in [5.41, 5.74) is 1.43. The Morgan fingerprint density at radius 2 is 2.00 bits per heavy atom. The van der Waals surface area contributed by atoms with Crippen LogP contribution in [0.1, 0.15) is 5.89 Å². The van der Waals surface area contributed by atoms with Crippen molar-refractivity contribution < 1.29 is 18.9 Å². The second-order valence-corrected chi connectivity index (χ2v) is 6.89. The molecule has 2 heterocycles. The minimum absolute atomic E-state index is 0.000308. The topological polar surface area (TPSA) is 101 Å². The number of nitro groups is 1. The van der Waals surface area contributed by atoms with Crippen molar-refractivity contribution in [3.05, 3.63) is 76.0 Å². The predicted octanol–water partition coefficient (Wildman–Crippen LogP) is 4.96. The van der Waals surface area contributed by atoms with E-state index >= 15 is 0 Å². The molecule has 0 aliphatic rings. The summed E-state index contributed by atoms with van der Waals surface area (Å²) in [6.45, 7) is 0.0410. The lowest BCUT2D eigenvalue weighted by molar-refractivity contribution is -0.384.